The van der Waals surface area contributed by atoms with Crippen molar-refractivity contribution in [1.29, 1.82) is 0 Å². The molecule has 1 aliphatic rings. The average Bonchev–Trinajstić information content (AvgIpc) is 3.03. The van der Waals surface area contributed by atoms with Crippen molar-refractivity contribution >= 4 is 51.4 Å². The zero-order valence-electron chi connectivity index (χ0n) is 14.4. The van der Waals surface area contributed by atoms with Crippen molar-refractivity contribution in [2.24, 2.45) is 10.2 Å². The van der Waals surface area contributed by atoms with Crippen molar-refractivity contribution < 1.29 is 4.79 Å². The molecule has 0 aromatic heterocycles. The van der Waals surface area contributed by atoms with Gasteiger partial charge in [0.25, 0.3) is 0 Å². The lowest BCUT2D eigenvalue weighted by Crippen LogP contribution is -2.28. The molecule has 134 valence electrons. The number of halogens is 1. The highest BCUT2D eigenvalue weighted by molar-refractivity contribution is 8.15. The fourth-order valence-corrected chi connectivity index (χ4v) is 3.88. The van der Waals surface area contributed by atoms with E-state index < -0.39 is 0 Å². The van der Waals surface area contributed by atoms with E-state index >= 15 is 0 Å². The zero-order valence-corrected chi connectivity index (χ0v) is 16.0. The highest BCUT2D eigenvalue weighted by Crippen LogP contribution is 2.25. The van der Waals surface area contributed by atoms with E-state index in [-0.39, 0.29) is 5.91 Å². The van der Waals surface area contributed by atoms with Gasteiger partial charge in [0.05, 0.1) is 18.5 Å². The van der Waals surface area contributed by atoms with Gasteiger partial charge in [0.2, 0.25) is 5.91 Å². The molecule has 1 fully saturated rings. The molecule has 0 saturated carbocycles. The van der Waals surface area contributed by atoms with E-state index in [0.717, 1.165) is 21.9 Å². The van der Waals surface area contributed by atoms with Gasteiger partial charge in [0.15, 0.2) is 5.17 Å². The summed E-state index contributed by atoms with van der Waals surface area (Å²) in [5.74, 6) is 0.438. The van der Waals surface area contributed by atoms with E-state index in [2.05, 4.69) is 28.4 Å². The van der Waals surface area contributed by atoms with Crippen molar-refractivity contribution in [2.75, 3.05) is 5.75 Å². The van der Waals surface area contributed by atoms with Crippen LogP contribution in [-0.2, 0) is 11.3 Å². The fraction of sp³-hybridized carbons (Fsp3) is 0.0952. The molecular weight excluding hydrogens is 378 g/mol. The number of nitrogens with zero attached hydrogens (tertiary/aromatic N) is 3. The van der Waals surface area contributed by atoms with E-state index in [9.17, 15) is 4.79 Å². The topological polar surface area (TPSA) is 45.0 Å². The van der Waals surface area contributed by atoms with Gasteiger partial charge in [-0.05, 0) is 34.0 Å². The number of hydrogen-bond acceptors (Lipinski definition) is 4. The summed E-state index contributed by atoms with van der Waals surface area (Å²) in [6.45, 7) is 0.489. The van der Waals surface area contributed by atoms with Gasteiger partial charge in [-0.3, -0.25) is 9.69 Å². The number of carbonyl (C=O) groups is 1. The Balaban J connectivity index is 1.57. The maximum Gasteiger partial charge on any atom is 0.239 e. The number of amides is 1. The van der Waals surface area contributed by atoms with Crippen LogP contribution in [0.2, 0.25) is 5.02 Å². The summed E-state index contributed by atoms with van der Waals surface area (Å²) in [7, 11) is 0. The first-order chi connectivity index (χ1) is 13.2. The van der Waals surface area contributed by atoms with E-state index in [1.54, 1.807) is 23.2 Å². The number of carbonyl (C=O) groups excluding carboxylic acids is 1. The highest BCUT2D eigenvalue weighted by Gasteiger charge is 2.28. The molecule has 0 aliphatic carbocycles. The van der Waals surface area contributed by atoms with Crippen LogP contribution in [0.5, 0.6) is 0 Å². The molecule has 0 bridgehead atoms. The second-order valence-electron chi connectivity index (χ2n) is 6.09. The summed E-state index contributed by atoms with van der Waals surface area (Å²) in [6, 6.07) is 21.7. The monoisotopic (exact) mass is 393 g/mol. The van der Waals surface area contributed by atoms with Crippen LogP contribution in [0.15, 0.2) is 76.9 Å². The van der Waals surface area contributed by atoms with Crippen LogP contribution in [0.4, 0.5) is 0 Å². The second kappa shape index (κ2) is 7.94. The number of amidine groups is 1. The quantitative estimate of drug-likeness (QED) is 0.464. The molecule has 1 saturated heterocycles. The number of rotatable bonds is 4. The average molecular weight is 394 g/mol. The summed E-state index contributed by atoms with van der Waals surface area (Å²) in [5, 5.41) is 12.0. The van der Waals surface area contributed by atoms with Crippen molar-refractivity contribution in [1.82, 2.24) is 4.90 Å². The molecule has 0 atom stereocenters. The lowest BCUT2D eigenvalue weighted by molar-refractivity contribution is -0.124. The van der Waals surface area contributed by atoms with Crippen LogP contribution in [0.1, 0.15) is 11.1 Å². The molecule has 0 N–H and O–H groups in total. The zero-order chi connectivity index (χ0) is 18.6. The van der Waals surface area contributed by atoms with Gasteiger partial charge in [-0.25, -0.2) is 0 Å². The molecule has 27 heavy (non-hydrogen) atoms. The van der Waals surface area contributed by atoms with Gasteiger partial charge in [-0.2, -0.15) is 5.10 Å². The van der Waals surface area contributed by atoms with Gasteiger partial charge in [0.1, 0.15) is 0 Å². The maximum atomic E-state index is 12.4. The minimum Gasteiger partial charge on any atom is -0.285 e. The van der Waals surface area contributed by atoms with Crippen LogP contribution in [0.3, 0.4) is 0 Å². The predicted octanol–water partition coefficient (Wildman–Crippen LogP) is 4.96. The second-order valence-corrected chi connectivity index (χ2v) is 7.46. The Morgan fingerprint density at radius 1 is 1.04 bits per heavy atom. The molecule has 3 aromatic rings. The van der Waals surface area contributed by atoms with Gasteiger partial charge in [0, 0.05) is 5.02 Å². The molecule has 1 amide bonds. The fourth-order valence-electron chi connectivity index (χ4n) is 2.92. The Bertz CT molecular complexity index is 1040. The van der Waals surface area contributed by atoms with Crippen LogP contribution in [0.25, 0.3) is 10.8 Å². The molecular formula is C21H16ClN3OS. The Morgan fingerprint density at radius 3 is 2.67 bits per heavy atom. The number of benzene rings is 3. The van der Waals surface area contributed by atoms with Crippen LogP contribution < -0.4 is 0 Å². The van der Waals surface area contributed by atoms with Crippen LogP contribution in [-0.4, -0.2) is 27.9 Å². The first-order valence-corrected chi connectivity index (χ1v) is 9.83. The van der Waals surface area contributed by atoms with Crippen molar-refractivity contribution in [3.05, 3.63) is 82.9 Å². The standard InChI is InChI=1S/C21H16ClN3OS/c22-18-10-8-15(9-11-18)12-23-24-21-25(20(26)14-27-21)13-17-6-3-5-16-4-1-2-7-19(16)17/h1-12H,13-14H2. The summed E-state index contributed by atoms with van der Waals surface area (Å²) in [6.07, 6.45) is 1.66. The molecule has 1 heterocycles. The highest BCUT2D eigenvalue weighted by atomic mass is 35.5. The number of hydrogen-bond donors (Lipinski definition) is 0. The first-order valence-electron chi connectivity index (χ1n) is 8.47. The van der Waals surface area contributed by atoms with Gasteiger partial charge in [-0.15, -0.1) is 5.10 Å². The van der Waals surface area contributed by atoms with Crippen LogP contribution >= 0.6 is 23.4 Å². The number of fused-ring (bicyclic) bond motifs is 1. The van der Waals surface area contributed by atoms with Gasteiger partial charge in [-0.1, -0.05) is 78.0 Å². The third kappa shape index (κ3) is 4.04. The smallest absolute Gasteiger partial charge is 0.239 e. The Kier molecular flexibility index (Phi) is 5.23. The molecule has 6 heteroatoms. The van der Waals surface area contributed by atoms with E-state index in [0.29, 0.717) is 22.5 Å². The third-order valence-electron chi connectivity index (χ3n) is 4.29. The van der Waals surface area contributed by atoms with Gasteiger partial charge >= 0.3 is 0 Å². The van der Waals surface area contributed by atoms with E-state index in [1.807, 2.05) is 36.4 Å². The lowest BCUT2D eigenvalue weighted by atomic mass is 10.0. The summed E-state index contributed by atoms with van der Waals surface area (Å²) in [4.78, 5) is 14.1. The molecule has 0 unspecified atom stereocenters. The van der Waals surface area contributed by atoms with Crippen LogP contribution in [0, 0.1) is 0 Å². The number of thioether (sulfide) groups is 1. The molecule has 3 aromatic carbocycles. The first kappa shape index (κ1) is 17.8. The Hall–Kier alpha value is -2.63. The van der Waals surface area contributed by atoms with Crippen molar-refractivity contribution in [3.63, 3.8) is 0 Å². The summed E-state index contributed by atoms with van der Waals surface area (Å²) < 4.78 is 0. The molecule has 4 rings (SSSR count). The van der Waals surface area contributed by atoms with E-state index in [1.165, 1.54) is 11.8 Å². The third-order valence-corrected chi connectivity index (χ3v) is 5.49. The molecule has 4 nitrogen and oxygen atoms in total. The summed E-state index contributed by atoms with van der Waals surface area (Å²) in [5.41, 5.74) is 2.00. The Labute approximate surface area is 166 Å². The van der Waals surface area contributed by atoms with Gasteiger partial charge < -0.3 is 0 Å². The predicted molar refractivity (Wildman–Crippen MR) is 113 cm³/mol. The molecule has 0 radical (unpaired) electrons. The maximum absolute atomic E-state index is 12.4. The SMILES string of the molecule is O=C1CSC(=NN=Cc2ccc(Cl)cc2)N1Cc1cccc2ccccc12. The largest absolute Gasteiger partial charge is 0.285 e. The normalized spacial score (nSPS) is 16.1. The minimum absolute atomic E-state index is 0.0494. The summed E-state index contributed by atoms with van der Waals surface area (Å²) >= 11 is 7.30. The molecule has 1 aliphatic heterocycles. The lowest BCUT2D eigenvalue weighted by Gasteiger charge is -2.16. The van der Waals surface area contributed by atoms with E-state index in [4.69, 9.17) is 11.6 Å². The Morgan fingerprint density at radius 2 is 1.81 bits per heavy atom. The minimum atomic E-state index is 0.0494. The van der Waals surface area contributed by atoms with Crippen molar-refractivity contribution in [3.8, 4) is 0 Å². The van der Waals surface area contributed by atoms with Crippen molar-refractivity contribution in [2.45, 2.75) is 6.54 Å². The molecule has 0 spiro atoms.